The molecule has 1 heteroatoms. The second kappa shape index (κ2) is 6.48. The minimum atomic E-state index is 0.373. The van der Waals surface area contributed by atoms with Gasteiger partial charge in [-0.25, -0.2) is 0 Å². The van der Waals surface area contributed by atoms with Crippen molar-refractivity contribution in [2.24, 2.45) is 0 Å². The molecule has 22 heavy (non-hydrogen) atoms. The normalized spacial score (nSPS) is 12.0. The molecule has 0 aliphatic carbocycles. The van der Waals surface area contributed by atoms with Crippen molar-refractivity contribution in [3.63, 3.8) is 0 Å². The summed E-state index contributed by atoms with van der Waals surface area (Å²) in [6.07, 6.45) is 0.830. The lowest BCUT2D eigenvalue weighted by Crippen LogP contribution is -1.99. The lowest BCUT2D eigenvalue weighted by atomic mass is 9.91. The Morgan fingerprint density at radius 2 is 1.41 bits per heavy atom. The van der Waals surface area contributed by atoms with Gasteiger partial charge in [0.15, 0.2) is 0 Å². The highest BCUT2D eigenvalue weighted by molar-refractivity contribution is 5.71. The Morgan fingerprint density at radius 1 is 0.773 bits per heavy atom. The number of hydrogen-bond acceptors (Lipinski definition) is 1. The van der Waals surface area contributed by atoms with Crippen LogP contribution in [0.4, 0.5) is 0 Å². The van der Waals surface area contributed by atoms with E-state index in [0.717, 1.165) is 23.1 Å². The van der Waals surface area contributed by atoms with Crippen LogP contribution in [0.3, 0.4) is 0 Å². The third-order valence-electron chi connectivity index (χ3n) is 4.10. The van der Waals surface area contributed by atoms with E-state index >= 15 is 0 Å². The van der Waals surface area contributed by atoms with E-state index < -0.39 is 0 Å². The third kappa shape index (κ3) is 3.04. The van der Waals surface area contributed by atoms with Crippen molar-refractivity contribution in [1.82, 2.24) is 0 Å². The van der Waals surface area contributed by atoms with Crippen molar-refractivity contribution < 1.29 is 5.11 Å². The van der Waals surface area contributed by atoms with Crippen LogP contribution in [0, 0.1) is 0 Å². The number of para-hydroxylation sites is 1. The minimum absolute atomic E-state index is 0.373. The van der Waals surface area contributed by atoms with Gasteiger partial charge in [0.05, 0.1) is 0 Å². The van der Waals surface area contributed by atoms with Gasteiger partial charge in [-0.1, -0.05) is 85.8 Å². The van der Waals surface area contributed by atoms with Gasteiger partial charge in [-0.2, -0.15) is 0 Å². The molecule has 1 unspecified atom stereocenters. The molecular weight excluding hydrogens is 268 g/mol. The largest absolute Gasteiger partial charge is 0.507 e. The standard InChI is InChI=1S/C21H20O/c1-16(17-9-4-2-5-10-17)15-19-13-8-14-20(21(19)22)18-11-6-3-7-12-18/h2-14,16,22H,15H2,1H3. The Labute approximate surface area is 131 Å². The number of rotatable bonds is 4. The summed E-state index contributed by atoms with van der Waals surface area (Å²) in [6.45, 7) is 2.20. The number of phenolic OH excluding ortho intramolecular Hbond substituents is 1. The van der Waals surface area contributed by atoms with Gasteiger partial charge in [-0.3, -0.25) is 0 Å². The zero-order chi connectivity index (χ0) is 15.4. The van der Waals surface area contributed by atoms with Gasteiger partial charge in [-0.15, -0.1) is 0 Å². The molecule has 0 spiro atoms. The molecule has 0 aromatic heterocycles. The average Bonchev–Trinajstić information content (AvgIpc) is 2.58. The third-order valence-corrected chi connectivity index (χ3v) is 4.10. The van der Waals surface area contributed by atoms with Gasteiger partial charge in [0, 0.05) is 5.56 Å². The van der Waals surface area contributed by atoms with Crippen molar-refractivity contribution in [3.8, 4) is 16.9 Å². The highest BCUT2D eigenvalue weighted by Crippen LogP contribution is 2.34. The van der Waals surface area contributed by atoms with E-state index in [-0.39, 0.29) is 0 Å². The Morgan fingerprint density at radius 3 is 2.09 bits per heavy atom. The van der Waals surface area contributed by atoms with Crippen LogP contribution in [0.15, 0.2) is 78.9 Å². The first-order valence-electron chi connectivity index (χ1n) is 7.67. The number of benzene rings is 3. The molecule has 1 N–H and O–H groups in total. The maximum atomic E-state index is 10.6. The predicted octanol–water partition coefficient (Wildman–Crippen LogP) is 5.41. The Bertz CT molecular complexity index is 732. The summed E-state index contributed by atoms with van der Waals surface area (Å²) in [4.78, 5) is 0. The maximum Gasteiger partial charge on any atom is 0.126 e. The molecule has 1 nitrogen and oxygen atoms in total. The number of aromatic hydroxyl groups is 1. The second-order valence-corrected chi connectivity index (χ2v) is 5.70. The van der Waals surface area contributed by atoms with Gasteiger partial charge < -0.3 is 5.11 Å². The van der Waals surface area contributed by atoms with Crippen LogP contribution in [0.2, 0.25) is 0 Å². The lowest BCUT2D eigenvalue weighted by molar-refractivity contribution is 0.468. The molecule has 1 atom stereocenters. The molecule has 0 amide bonds. The predicted molar refractivity (Wildman–Crippen MR) is 92.1 cm³/mol. The summed E-state index contributed by atoms with van der Waals surface area (Å²) in [5.41, 5.74) is 4.25. The molecule has 3 aromatic rings. The van der Waals surface area contributed by atoms with Crippen LogP contribution in [0.25, 0.3) is 11.1 Å². The van der Waals surface area contributed by atoms with Crippen LogP contribution < -0.4 is 0 Å². The van der Waals surface area contributed by atoms with E-state index in [0.29, 0.717) is 11.7 Å². The van der Waals surface area contributed by atoms with Gasteiger partial charge in [0.25, 0.3) is 0 Å². The Balaban J connectivity index is 1.89. The molecule has 0 heterocycles. The summed E-state index contributed by atoms with van der Waals surface area (Å²) in [5.74, 6) is 0.773. The highest BCUT2D eigenvalue weighted by Gasteiger charge is 2.12. The van der Waals surface area contributed by atoms with Gasteiger partial charge in [0.2, 0.25) is 0 Å². The van der Waals surface area contributed by atoms with Crippen LogP contribution in [0.1, 0.15) is 24.0 Å². The van der Waals surface area contributed by atoms with Crippen molar-refractivity contribution in [2.75, 3.05) is 0 Å². The first kappa shape index (κ1) is 14.4. The molecular formula is C21H20O. The maximum absolute atomic E-state index is 10.6. The van der Waals surface area contributed by atoms with E-state index in [1.165, 1.54) is 5.56 Å². The summed E-state index contributed by atoms with van der Waals surface area (Å²) in [5, 5.41) is 10.6. The van der Waals surface area contributed by atoms with Crippen LogP contribution in [-0.2, 0) is 6.42 Å². The van der Waals surface area contributed by atoms with Crippen molar-refractivity contribution in [1.29, 1.82) is 0 Å². The van der Waals surface area contributed by atoms with Crippen molar-refractivity contribution in [3.05, 3.63) is 90.0 Å². The molecule has 0 fully saturated rings. The molecule has 0 bridgehead atoms. The first-order valence-corrected chi connectivity index (χ1v) is 7.67. The molecule has 3 rings (SSSR count). The zero-order valence-corrected chi connectivity index (χ0v) is 12.7. The van der Waals surface area contributed by atoms with E-state index in [1.54, 1.807) is 0 Å². The summed E-state index contributed by atoms with van der Waals surface area (Å²) >= 11 is 0. The number of hydrogen-bond donors (Lipinski definition) is 1. The van der Waals surface area contributed by atoms with E-state index in [9.17, 15) is 5.11 Å². The minimum Gasteiger partial charge on any atom is -0.507 e. The Hall–Kier alpha value is -2.54. The van der Waals surface area contributed by atoms with E-state index in [1.807, 2.05) is 54.6 Å². The first-order chi connectivity index (χ1) is 10.8. The molecule has 0 aliphatic rings. The highest BCUT2D eigenvalue weighted by atomic mass is 16.3. The quantitative estimate of drug-likeness (QED) is 0.681. The average molecular weight is 288 g/mol. The fourth-order valence-electron chi connectivity index (χ4n) is 2.84. The fourth-order valence-corrected chi connectivity index (χ4v) is 2.84. The smallest absolute Gasteiger partial charge is 0.126 e. The molecule has 0 radical (unpaired) electrons. The molecule has 0 saturated carbocycles. The molecule has 0 saturated heterocycles. The second-order valence-electron chi connectivity index (χ2n) is 5.70. The topological polar surface area (TPSA) is 20.2 Å². The molecule has 3 aromatic carbocycles. The number of phenols is 1. The fraction of sp³-hybridized carbons (Fsp3) is 0.143. The molecule has 0 aliphatic heterocycles. The summed E-state index contributed by atoms with van der Waals surface area (Å²) in [6, 6.07) is 26.5. The van der Waals surface area contributed by atoms with Crippen molar-refractivity contribution >= 4 is 0 Å². The molecule has 110 valence electrons. The summed E-state index contributed by atoms with van der Waals surface area (Å²) < 4.78 is 0. The zero-order valence-electron chi connectivity index (χ0n) is 12.7. The SMILES string of the molecule is CC(Cc1cccc(-c2ccccc2)c1O)c1ccccc1. The van der Waals surface area contributed by atoms with Crippen LogP contribution in [-0.4, -0.2) is 5.11 Å². The lowest BCUT2D eigenvalue weighted by Gasteiger charge is -2.15. The monoisotopic (exact) mass is 288 g/mol. The van der Waals surface area contributed by atoms with Gasteiger partial charge >= 0.3 is 0 Å². The van der Waals surface area contributed by atoms with Crippen LogP contribution in [0.5, 0.6) is 5.75 Å². The van der Waals surface area contributed by atoms with E-state index in [2.05, 4.69) is 31.2 Å². The van der Waals surface area contributed by atoms with Crippen LogP contribution >= 0.6 is 0 Å². The van der Waals surface area contributed by atoms with Gasteiger partial charge in [0.1, 0.15) is 5.75 Å². The summed E-state index contributed by atoms with van der Waals surface area (Å²) in [7, 11) is 0. The Kier molecular flexibility index (Phi) is 4.24. The van der Waals surface area contributed by atoms with Crippen molar-refractivity contribution in [2.45, 2.75) is 19.3 Å². The van der Waals surface area contributed by atoms with Gasteiger partial charge in [-0.05, 0) is 29.0 Å². The van der Waals surface area contributed by atoms with E-state index in [4.69, 9.17) is 0 Å².